The standard InChI is InChI=1S/C20H33NO5/c1-9-25-17(22)12-15(3)18(23)16(26-19(24)21(7)8)11-10-14(2)13-20(4,5)6/h10-13,16,18,23H,9H2,1-8H3/b11-10+,14-13+,15-12+/t16-,18+/m0/s1. The summed E-state index contributed by atoms with van der Waals surface area (Å²) in [7, 11) is 3.11. The van der Waals surface area contributed by atoms with E-state index in [1.807, 2.05) is 6.92 Å². The molecule has 0 aliphatic heterocycles. The summed E-state index contributed by atoms with van der Waals surface area (Å²) in [6.07, 6.45) is 4.01. The zero-order chi connectivity index (χ0) is 20.5. The third kappa shape index (κ3) is 10.0. The summed E-state index contributed by atoms with van der Waals surface area (Å²) in [5.41, 5.74) is 1.33. The fourth-order valence-electron chi connectivity index (χ4n) is 2.12. The minimum Gasteiger partial charge on any atom is -0.463 e. The Morgan fingerprint density at radius 2 is 1.77 bits per heavy atom. The highest BCUT2D eigenvalue weighted by Gasteiger charge is 2.24. The number of aliphatic hydroxyl groups is 1. The second-order valence-corrected chi connectivity index (χ2v) is 7.44. The van der Waals surface area contributed by atoms with Crippen molar-refractivity contribution in [1.29, 1.82) is 0 Å². The first-order valence-corrected chi connectivity index (χ1v) is 8.66. The molecule has 0 radical (unpaired) electrons. The third-order valence-corrected chi connectivity index (χ3v) is 3.22. The lowest BCUT2D eigenvalue weighted by atomic mass is 9.93. The smallest absolute Gasteiger partial charge is 0.409 e. The number of ether oxygens (including phenoxy) is 2. The Balaban J connectivity index is 5.49. The molecule has 0 heterocycles. The van der Waals surface area contributed by atoms with Gasteiger partial charge in [0.1, 0.15) is 6.10 Å². The van der Waals surface area contributed by atoms with Crippen molar-refractivity contribution < 1.29 is 24.2 Å². The molecule has 0 unspecified atom stereocenters. The fraction of sp³-hybridized carbons (Fsp3) is 0.600. The Bertz CT molecular complexity index is 567. The van der Waals surface area contributed by atoms with Gasteiger partial charge >= 0.3 is 12.1 Å². The van der Waals surface area contributed by atoms with Gasteiger partial charge in [0.15, 0.2) is 6.10 Å². The van der Waals surface area contributed by atoms with Crippen LogP contribution in [-0.4, -0.2) is 55.0 Å². The zero-order valence-corrected chi connectivity index (χ0v) is 17.2. The molecule has 0 aromatic heterocycles. The van der Waals surface area contributed by atoms with Crippen LogP contribution in [0.4, 0.5) is 4.79 Å². The lowest BCUT2D eigenvalue weighted by Crippen LogP contribution is -2.35. The molecular weight excluding hydrogens is 334 g/mol. The van der Waals surface area contributed by atoms with Crippen LogP contribution in [0, 0.1) is 5.41 Å². The van der Waals surface area contributed by atoms with Crippen LogP contribution in [-0.2, 0) is 14.3 Å². The van der Waals surface area contributed by atoms with Gasteiger partial charge in [0.05, 0.1) is 6.61 Å². The number of rotatable bonds is 7. The number of esters is 1. The highest BCUT2D eigenvalue weighted by Crippen LogP contribution is 2.19. The van der Waals surface area contributed by atoms with Crippen molar-refractivity contribution >= 4 is 12.1 Å². The summed E-state index contributed by atoms with van der Waals surface area (Å²) < 4.78 is 10.2. The van der Waals surface area contributed by atoms with E-state index in [1.165, 1.54) is 11.0 Å². The summed E-state index contributed by atoms with van der Waals surface area (Å²) in [5.74, 6) is -0.547. The summed E-state index contributed by atoms with van der Waals surface area (Å²) >= 11 is 0. The lowest BCUT2D eigenvalue weighted by molar-refractivity contribution is -0.137. The maximum absolute atomic E-state index is 11.9. The molecule has 0 aromatic rings. The van der Waals surface area contributed by atoms with E-state index in [2.05, 4.69) is 26.8 Å². The molecule has 26 heavy (non-hydrogen) atoms. The Hall–Kier alpha value is -2.08. The third-order valence-electron chi connectivity index (χ3n) is 3.22. The van der Waals surface area contributed by atoms with E-state index in [0.717, 1.165) is 5.57 Å². The van der Waals surface area contributed by atoms with Crippen molar-refractivity contribution in [3.05, 3.63) is 35.5 Å². The van der Waals surface area contributed by atoms with Crippen molar-refractivity contribution in [3.8, 4) is 0 Å². The highest BCUT2D eigenvalue weighted by molar-refractivity contribution is 5.82. The van der Waals surface area contributed by atoms with E-state index in [4.69, 9.17) is 9.47 Å². The molecule has 0 bridgehead atoms. The predicted molar refractivity (Wildman–Crippen MR) is 103 cm³/mol. The lowest BCUT2D eigenvalue weighted by Gasteiger charge is -2.23. The molecule has 0 saturated carbocycles. The molecular formula is C20H33NO5. The molecule has 0 aliphatic rings. The first-order chi connectivity index (χ1) is 11.9. The summed E-state index contributed by atoms with van der Waals surface area (Å²) in [6.45, 7) is 11.7. The first-order valence-electron chi connectivity index (χ1n) is 8.66. The number of hydrogen-bond acceptors (Lipinski definition) is 5. The van der Waals surface area contributed by atoms with E-state index in [9.17, 15) is 14.7 Å². The van der Waals surface area contributed by atoms with Crippen LogP contribution in [0.25, 0.3) is 0 Å². The van der Waals surface area contributed by atoms with Crippen LogP contribution < -0.4 is 0 Å². The van der Waals surface area contributed by atoms with Crippen LogP contribution in [0.15, 0.2) is 35.5 Å². The van der Waals surface area contributed by atoms with Crippen molar-refractivity contribution in [1.82, 2.24) is 4.90 Å². The summed E-state index contributed by atoms with van der Waals surface area (Å²) in [4.78, 5) is 24.8. The van der Waals surface area contributed by atoms with E-state index in [0.29, 0.717) is 5.57 Å². The monoisotopic (exact) mass is 367 g/mol. The van der Waals surface area contributed by atoms with Crippen molar-refractivity contribution in [2.45, 2.75) is 53.8 Å². The largest absolute Gasteiger partial charge is 0.463 e. The number of nitrogens with zero attached hydrogens (tertiary/aromatic N) is 1. The highest BCUT2D eigenvalue weighted by atomic mass is 16.6. The van der Waals surface area contributed by atoms with Crippen molar-refractivity contribution in [2.24, 2.45) is 5.41 Å². The topological polar surface area (TPSA) is 76.1 Å². The van der Waals surface area contributed by atoms with Crippen molar-refractivity contribution in [2.75, 3.05) is 20.7 Å². The maximum Gasteiger partial charge on any atom is 0.409 e. The second kappa shape index (κ2) is 10.8. The Morgan fingerprint density at radius 1 is 1.19 bits per heavy atom. The maximum atomic E-state index is 11.9. The molecule has 6 heteroatoms. The van der Waals surface area contributed by atoms with Gasteiger partial charge in [-0.15, -0.1) is 0 Å². The van der Waals surface area contributed by atoms with Crippen LogP contribution in [0.1, 0.15) is 41.5 Å². The van der Waals surface area contributed by atoms with Gasteiger partial charge in [-0.3, -0.25) is 0 Å². The number of amides is 1. The van der Waals surface area contributed by atoms with Crippen LogP contribution in [0.5, 0.6) is 0 Å². The van der Waals surface area contributed by atoms with Gasteiger partial charge in [-0.25, -0.2) is 9.59 Å². The SMILES string of the molecule is CCOC(=O)/C=C(\C)[C@@H](O)[C@H](/C=C/C(C)=C/C(C)(C)C)OC(=O)N(C)C. The van der Waals surface area contributed by atoms with Crippen LogP contribution in [0.2, 0.25) is 0 Å². The minimum absolute atomic E-state index is 0.00256. The molecule has 148 valence electrons. The molecule has 0 saturated heterocycles. The van der Waals surface area contributed by atoms with Gasteiger partial charge in [0.25, 0.3) is 0 Å². The Morgan fingerprint density at radius 3 is 2.23 bits per heavy atom. The van der Waals surface area contributed by atoms with Crippen LogP contribution >= 0.6 is 0 Å². The van der Waals surface area contributed by atoms with Gasteiger partial charge in [0.2, 0.25) is 0 Å². The van der Waals surface area contributed by atoms with E-state index in [1.54, 1.807) is 40.1 Å². The summed E-state index contributed by atoms with van der Waals surface area (Å²) in [5, 5.41) is 10.5. The molecule has 1 N–H and O–H groups in total. The molecule has 0 fully saturated rings. The molecule has 0 aliphatic carbocycles. The summed E-state index contributed by atoms with van der Waals surface area (Å²) in [6, 6.07) is 0. The fourth-order valence-corrected chi connectivity index (χ4v) is 2.12. The molecule has 6 nitrogen and oxygen atoms in total. The average Bonchev–Trinajstić information content (AvgIpc) is 2.48. The second-order valence-electron chi connectivity index (χ2n) is 7.44. The number of carbonyl (C=O) groups excluding carboxylic acids is 2. The molecule has 1 amide bonds. The molecule has 0 spiro atoms. The number of aliphatic hydroxyl groups excluding tert-OH is 1. The van der Waals surface area contributed by atoms with E-state index < -0.39 is 24.3 Å². The van der Waals surface area contributed by atoms with Gasteiger partial charge in [-0.2, -0.15) is 0 Å². The minimum atomic E-state index is -1.16. The van der Waals surface area contributed by atoms with Crippen LogP contribution in [0.3, 0.4) is 0 Å². The quantitative estimate of drug-likeness (QED) is 0.424. The molecule has 2 atom stereocenters. The first kappa shape index (κ1) is 23.9. The predicted octanol–water partition coefficient (Wildman–Crippen LogP) is 3.47. The Kier molecular flexibility index (Phi) is 9.94. The number of hydrogen-bond donors (Lipinski definition) is 1. The van der Waals surface area contributed by atoms with Gasteiger partial charge in [0, 0.05) is 20.2 Å². The van der Waals surface area contributed by atoms with Gasteiger partial charge < -0.3 is 19.5 Å². The molecule has 0 aromatic carbocycles. The van der Waals surface area contributed by atoms with Gasteiger partial charge in [-0.1, -0.05) is 38.5 Å². The normalized spacial score (nSPS) is 15.6. The van der Waals surface area contributed by atoms with E-state index in [-0.39, 0.29) is 12.0 Å². The Labute approximate surface area is 157 Å². The zero-order valence-electron chi connectivity index (χ0n) is 17.2. The average molecular weight is 367 g/mol. The van der Waals surface area contributed by atoms with Gasteiger partial charge in [-0.05, 0) is 37.8 Å². The van der Waals surface area contributed by atoms with E-state index >= 15 is 0 Å². The number of carbonyl (C=O) groups is 2. The molecule has 0 rings (SSSR count). The number of allylic oxidation sites excluding steroid dienone is 3. The van der Waals surface area contributed by atoms with Crippen molar-refractivity contribution in [3.63, 3.8) is 0 Å².